The zero-order chi connectivity index (χ0) is 16.5. The number of unbranched alkanes of at least 4 members (excludes halogenated alkanes) is 1. The Labute approximate surface area is 141 Å². The third-order valence-electron chi connectivity index (χ3n) is 3.72. The highest BCUT2D eigenvalue weighted by atomic mass is 79.9. The predicted molar refractivity (Wildman–Crippen MR) is 93.8 cm³/mol. The highest BCUT2D eigenvalue weighted by Crippen LogP contribution is 2.19. The molecule has 1 unspecified atom stereocenters. The summed E-state index contributed by atoms with van der Waals surface area (Å²) in [5.74, 6) is -0.755. The van der Waals surface area contributed by atoms with Crippen LogP contribution in [0.4, 0.5) is 5.69 Å². The van der Waals surface area contributed by atoms with Gasteiger partial charge in [-0.2, -0.15) is 0 Å². The number of benzene rings is 1. The lowest BCUT2D eigenvalue weighted by atomic mass is 9.99. The molecule has 0 aliphatic carbocycles. The second-order valence-electron chi connectivity index (χ2n) is 5.54. The maximum atomic E-state index is 11.9. The van der Waals surface area contributed by atoms with E-state index in [9.17, 15) is 9.59 Å². The van der Waals surface area contributed by atoms with Gasteiger partial charge in [0.05, 0.1) is 0 Å². The van der Waals surface area contributed by atoms with Gasteiger partial charge in [0.25, 0.3) is 0 Å². The molecular formula is C17H25BrN2O2. The van der Waals surface area contributed by atoms with Crippen molar-refractivity contribution >= 4 is 33.4 Å². The van der Waals surface area contributed by atoms with Gasteiger partial charge in [-0.3, -0.25) is 9.59 Å². The summed E-state index contributed by atoms with van der Waals surface area (Å²) in [5, 5.41) is 5.35. The van der Waals surface area contributed by atoms with Gasteiger partial charge in [0.2, 0.25) is 0 Å². The molecule has 1 aromatic carbocycles. The highest BCUT2D eigenvalue weighted by Gasteiger charge is 2.15. The third kappa shape index (κ3) is 6.18. The number of carbonyl (C=O) groups excluding carboxylic acids is 2. The molecule has 22 heavy (non-hydrogen) atoms. The fraction of sp³-hybridized carbons (Fsp3) is 0.529. The zero-order valence-electron chi connectivity index (χ0n) is 13.5. The van der Waals surface area contributed by atoms with E-state index in [0.29, 0.717) is 18.2 Å². The number of carbonyl (C=O) groups is 2. The molecular weight excluding hydrogens is 344 g/mol. The summed E-state index contributed by atoms with van der Waals surface area (Å²) >= 11 is 3.40. The molecule has 0 aromatic heterocycles. The Balaban J connectivity index is 2.47. The maximum Gasteiger partial charge on any atom is 0.313 e. The van der Waals surface area contributed by atoms with Gasteiger partial charge < -0.3 is 10.6 Å². The maximum absolute atomic E-state index is 11.9. The lowest BCUT2D eigenvalue weighted by Crippen LogP contribution is -2.38. The fourth-order valence-electron chi connectivity index (χ4n) is 2.17. The number of hydrogen-bond acceptors (Lipinski definition) is 2. The highest BCUT2D eigenvalue weighted by molar-refractivity contribution is 9.10. The molecule has 0 aliphatic rings. The molecule has 0 radical (unpaired) electrons. The molecule has 0 spiro atoms. The van der Waals surface area contributed by atoms with E-state index in [1.54, 1.807) is 6.07 Å². The fourth-order valence-corrected chi connectivity index (χ4v) is 2.42. The standard InChI is InChI=1S/C17H25BrN2O2/c1-4-6-7-13(5-2)11-19-16(21)17(22)20-14-8-9-15(18)12(3)10-14/h8-10,13H,4-7,11H2,1-3H3,(H,19,21)(H,20,22). The first-order valence-electron chi connectivity index (χ1n) is 7.83. The van der Waals surface area contributed by atoms with E-state index in [1.807, 2.05) is 19.1 Å². The average Bonchev–Trinajstić information content (AvgIpc) is 2.50. The quantitative estimate of drug-likeness (QED) is 0.713. The Kier molecular flexibility index (Phi) is 8.17. The largest absolute Gasteiger partial charge is 0.348 e. The summed E-state index contributed by atoms with van der Waals surface area (Å²) < 4.78 is 0.969. The van der Waals surface area contributed by atoms with Crippen LogP contribution in [0.15, 0.2) is 22.7 Å². The smallest absolute Gasteiger partial charge is 0.313 e. The van der Waals surface area contributed by atoms with Crippen molar-refractivity contribution in [3.8, 4) is 0 Å². The number of rotatable bonds is 7. The Morgan fingerprint density at radius 3 is 2.55 bits per heavy atom. The molecule has 0 aliphatic heterocycles. The van der Waals surface area contributed by atoms with Crippen LogP contribution in [-0.4, -0.2) is 18.4 Å². The van der Waals surface area contributed by atoms with Gasteiger partial charge in [-0.25, -0.2) is 0 Å². The minimum absolute atomic E-state index is 0.437. The van der Waals surface area contributed by atoms with Crippen molar-refractivity contribution in [2.45, 2.75) is 46.5 Å². The van der Waals surface area contributed by atoms with Gasteiger partial charge in [0, 0.05) is 16.7 Å². The van der Waals surface area contributed by atoms with E-state index >= 15 is 0 Å². The molecule has 0 fully saturated rings. The Morgan fingerprint density at radius 1 is 1.23 bits per heavy atom. The van der Waals surface area contributed by atoms with Crippen molar-refractivity contribution in [2.75, 3.05) is 11.9 Å². The number of hydrogen-bond donors (Lipinski definition) is 2. The first-order valence-corrected chi connectivity index (χ1v) is 8.62. The normalized spacial score (nSPS) is 11.8. The number of halogens is 1. The molecule has 0 bridgehead atoms. The number of aryl methyl sites for hydroxylation is 1. The van der Waals surface area contributed by atoms with Crippen LogP contribution < -0.4 is 10.6 Å². The molecule has 1 rings (SSSR count). The molecule has 2 N–H and O–H groups in total. The summed E-state index contributed by atoms with van der Waals surface area (Å²) in [6, 6.07) is 5.43. The summed E-state index contributed by atoms with van der Waals surface area (Å²) in [6.07, 6.45) is 4.39. The molecule has 0 saturated carbocycles. The van der Waals surface area contributed by atoms with E-state index < -0.39 is 11.8 Å². The molecule has 1 aromatic rings. The number of amides is 2. The Hall–Kier alpha value is -1.36. The van der Waals surface area contributed by atoms with Crippen molar-refractivity contribution in [1.82, 2.24) is 5.32 Å². The van der Waals surface area contributed by atoms with Crippen molar-refractivity contribution in [2.24, 2.45) is 5.92 Å². The molecule has 1 atom stereocenters. The summed E-state index contributed by atoms with van der Waals surface area (Å²) in [6.45, 7) is 6.75. The van der Waals surface area contributed by atoms with Crippen LogP contribution in [0.5, 0.6) is 0 Å². The average molecular weight is 369 g/mol. The van der Waals surface area contributed by atoms with Crippen molar-refractivity contribution in [1.29, 1.82) is 0 Å². The topological polar surface area (TPSA) is 58.2 Å². The van der Waals surface area contributed by atoms with Crippen molar-refractivity contribution < 1.29 is 9.59 Å². The van der Waals surface area contributed by atoms with E-state index in [1.165, 1.54) is 0 Å². The van der Waals surface area contributed by atoms with Gasteiger partial charge >= 0.3 is 11.8 Å². The van der Waals surface area contributed by atoms with E-state index in [0.717, 1.165) is 35.7 Å². The van der Waals surface area contributed by atoms with Gasteiger partial charge in [-0.15, -0.1) is 0 Å². The van der Waals surface area contributed by atoms with Crippen LogP contribution >= 0.6 is 15.9 Å². The van der Waals surface area contributed by atoms with Gasteiger partial charge in [0.15, 0.2) is 0 Å². The zero-order valence-corrected chi connectivity index (χ0v) is 15.1. The van der Waals surface area contributed by atoms with Crippen LogP contribution in [0.2, 0.25) is 0 Å². The molecule has 4 nitrogen and oxygen atoms in total. The van der Waals surface area contributed by atoms with Gasteiger partial charge in [0.1, 0.15) is 0 Å². The molecule has 5 heteroatoms. The van der Waals surface area contributed by atoms with E-state index in [2.05, 4.69) is 40.4 Å². The third-order valence-corrected chi connectivity index (χ3v) is 4.61. The van der Waals surface area contributed by atoms with Crippen LogP contribution in [0.25, 0.3) is 0 Å². The summed E-state index contributed by atoms with van der Waals surface area (Å²) in [5.41, 5.74) is 1.63. The minimum Gasteiger partial charge on any atom is -0.348 e. The van der Waals surface area contributed by atoms with Crippen LogP contribution in [-0.2, 0) is 9.59 Å². The second kappa shape index (κ2) is 9.62. The van der Waals surface area contributed by atoms with Crippen molar-refractivity contribution in [3.63, 3.8) is 0 Å². The summed E-state index contributed by atoms with van der Waals surface area (Å²) in [4.78, 5) is 23.7. The SMILES string of the molecule is CCCCC(CC)CNC(=O)C(=O)Nc1ccc(Br)c(C)c1. The first-order chi connectivity index (χ1) is 10.5. The molecule has 0 heterocycles. The van der Waals surface area contributed by atoms with Crippen molar-refractivity contribution in [3.05, 3.63) is 28.2 Å². The van der Waals surface area contributed by atoms with E-state index in [-0.39, 0.29) is 0 Å². The lowest BCUT2D eigenvalue weighted by molar-refractivity contribution is -0.136. The second-order valence-corrected chi connectivity index (χ2v) is 6.40. The molecule has 2 amide bonds. The van der Waals surface area contributed by atoms with E-state index in [4.69, 9.17) is 0 Å². The molecule has 0 saturated heterocycles. The minimum atomic E-state index is -0.618. The predicted octanol–water partition coefficient (Wildman–Crippen LogP) is 4.03. The number of anilines is 1. The first kappa shape index (κ1) is 18.7. The lowest BCUT2D eigenvalue weighted by Gasteiger charge is -2.15. The number of nitrogens with one attached hydrogen (secondary N) is 2. The van der Waals surface area contributed by atoms with Gasteiger partial charge in [-0.1, -0.05) is 49.0 Å². The monoisotopic (exact) mass is 368 g/mol. The molecule has 122 valence electrons. The Bertz CT molecular complexity index is 517. The van der Waals surface area contributed by atoms with Crippen LogP contribution in [0.3, 0.4) is 0 Å². The van der Waals surface area contributed by atoms with Crippen LogP contribution in [0.1, 0.15) is 45.1 Å². The Morgan fingerprint density at radius 2 is 1.95 bits per heavy atom. The summed E-state index contributed by atoms with van der Waals surface area (Å²) in [7, 11) is 0. The van der Waals surface area contributed by atoms with Gasteiger partial charge in [-0.05, 0) is 43.0 Å². The van der Waals surface area contributed by atoms with Crippen LogP contribution in [0, 0.1) is 12.8 Å².